The van der Waals surface area contributed by atoms with Crippen LogP contribution in [0.15, 0.2) is 18.3 Å². The fraction of sp³-hybridized carbons (Fsp3) is 0.250. The molecule has 1 heterocycles. The summed E-state index contributed by atoms with van der Waals surface area (Å²) in [4.78, 5) is 14.1. The Labute approximate surface area is 80.3 Å². The Morgan fingerprint density at radius 1 is 1.77 bits per heavy atom. The molecule has 4 nitrogen and oxygen atoms in total. The van der Waals surface area contributed by atoms with Gasteiger partial charge in [0.05, 0.1) is 6.42 Å². The van der Waals surface area contributed by atoms with Gasteiger partial charge in [0.25, 0.3) is 0 Å². The second kappa shape index (κ2) is 4.20. The highest BCUT2D eigenvalue weighted by Crippen LogP contribution is 2.16. The molecule has 0 unspecified atom stereocenters. The first-order chi connectivity index (χ1) is 6.09. The molecule has 1 atom stereocenters. The third kappa shape index (κ3) is 3.01. The van der Waals surface area contributed by atoms with Crippen LogP contribution in [0.2, 0.25) is 5.15 Å². The van der Waals surface area contributed by atoms with Crippen LogP contribution in [0.4, 0.5) is 0 Å². The maximum Gasteiger partial charge on any atom is 0.305 e. The highest BCUT2D eigenvalue weighted by Gasteiger charge is 2.10. The first-order valence-electron chi connectivity index (χ1n) is 3.68. The van der Waals surface area contributed by atoms with Gasteiger partial charge in [-0.05, 0) is 17.7 Å². The Balaban J connectivity index is 2.76. The number of pyridine rings is 1. The van der Waals surface area contributed by atoms with E-state index in [4.69, 9.17) is 22.4 Å². The van der Waals surface area contributed by atoms with Gasteiger partial charge in [0.15, 0.2) is 0 Å². The van der Waals surface area contributed by atoms with E-state index in [1.54, 1.807) is 12.1 Å². The third-order valence-electron chi connectivity index (χ3n) is 1.57. The molecular formula is C8H9ClN2O2. The number of hydrogen-bond acceptors (Lipinski definition) is 3. The maximum atomic E-state index is 10.3. The molecule has 3 N–H and O–H groups in total. The molecule has 0 amide bonds. The predicted octanol–water partition coefficient (Wildman–Crippen LogP) is 1.21. The van der Waals surface area contributed by atoms with E-state index in [1.165, 1.54) is 6.20 Å². The Hall–Kier alpha value is -1.13. The Bertz CT molecular complexity index is 317. The highest BCUT2D eigenvalue weighted by molar-refractivity contribution is 6.29. The number of nitrogens with two attached hydrogens (primary N) is 1. The molecule has 0 fully saturated rings. The molecule has 0 aliphatic heterocycles. The van der Waals surface area contributed by atoms with Crippen molar-refractivity contribution in [2.75, 3.05) is 0 Å². The Morgan fingerprint density at radius 2 is 2.46 bits per heavy atom. The normalized spacial score (nSPS) is 12.5. The predicted molar refractivity (Wildman–Crippen MR) is 48.4 cm³/mol. The van der Waals surface area contributed by atoms with Gasteiger partial charge in [0.1, 0.15) is 5.15 Å². The molecule has 1 aromatic heterocycles. The number of carbonyl (C=O) groups is 1. The topological polar surface area (TPSA) is 76.2 Å². The number of rotatable bonds is 3. The zero-order valence-corrected chi connectivity index (χ0v) is 7.53. The molecule has 0 radical (unpaired) electrons. The fourth-order valence-electron chi connectivity index (χ4n) is 0.954. The largest absolute Gasteiger partial charge is 0.481 e. The first kappa shape index (κ1) is 9.95. The molecule has 1 aromatic rings. The van der Waals surface area contributed by atoms with E-state index in [9.17, 15) is 4.79 Å². The molecule has 0 aliphatic carbocycles. The lowest BCUT2D eigenvalue weighted by molar-refractivity contribution is -0.137. The second-order valence-corrected chi connectivity index (χ2v) is 3.00. The van der Waals surface area contributed by atoms with Crippen molar-refractivity contribution in [1.29, 1.82) is 0 Å². The van der Waals surface area contributed by atoms with Crippen LogP contribution in [0.3, 0.4) is 0 Å². The van der Waals surface area contributed by atoms with Crippen LogP contribution in [0.25, 0.3) is 0 Å². The third-order valence-corrected chi connectivity index (χ3v) is 1.78. The van der Waals surface area contributed by atoms with E-state index >= 15 is 0 Å². The Morgan fingerprint density at radius 3 is 3.00 bits per heavy atom. The zero-order chi connectivity index (χ0) is 9.84. The van der Waals surface area contributed by atoms with Gasteiger partial charge in [0, 0.05) is 12.2 Å². The number of aromatic nitrogens is 1. The van der Waals surface area contributed by atoms with Gasteiger partial charge >= 0.3 is 5.97 Å². The molecular weight excluding hydrogens is 192 g/mol. The molecule has 5 heteroatoms. The van der Waals surface area contributed by atoms with E-state index in [0.29, 0.717) is 10.7 Å². The van der Waals surface area contributed by atoms with Crippen LogP contribution in [0.1, 0.15) is 18.0 Å². The van der Waals surface area contributed by atoms with E-state index in [2.05, 4.69) is 4.98 Å². The average Bonchev–Trinajstić information content (AvgIpc) is 2.03. The number of halogens is 1. The summed E-state index contributed by atoms with van der Waals surface area (Å²) in [5.41, 5.74) is 6.28. The van der Waals surface area contributed by atoms with Gasteiger partial charge in [0.2, 0.25) is 0 Å². The summed E-state index contributed by atoms with van der Waals surface area (Å²) in [7, 11) is 0. The van der Waals surface area contributed by atoms with Crippen molar-refractivity contribution in [3.8, 4) is 0 Å². The zero-order valence-electron chi connectivity index (χ0n) is 6.77. The summed E-state index contributed by atoms with van der Waals surface area (Å²) in [6.07, 6.45) is 1.39. The molecule has 0 saturated heterocycles. The maximum absolute atomic E-state index is 10.3. The van der Waals surface area contributed by atoms with Crippen molar-refractivity contribution in [3.05, 3.63) is 29.0 Å². The quantitative estimate of drug-likeness (QED) is 0.720. The minimum Gasteiger partial charge on any atom is -0.481 e. The number of aliphatic carboxylic acids is 1. The van der Waals surface area contributed by atoms with Crippen LogP contribution in [-0.4, -0.2) is 16.1 Å². The van der Waals surface area contributed by atoms with E-state index < -0.39 is 12.0 Å². The van der Waals surface area contributed by atoms with Crippen LogP contribution in [0.5, 0.6) is 0 Å². The summed E-state index contributed by atoms with van der Waals surface area (Å²) >= 11 is 5.61. The fourth-order valence-corrected chi connectivity index (χ4v) is 1.14. The lowest BCUT2D eigenvalue weighted by Gasteiger charge is -2.08. The van der Waals surface area contributed by atoms with Crippen molar-refractivity contribution in [1.82, 2.24) is 4.98 Å². The SMILES string of the molecule is N[C@H](CC(=O)O)c1ccnc(Cl)c1. The molecule has 70 valence electrons. The summed E-state index contributed by atoms with van der Waals surface area (Å²) < 4.78 is 0. The van der Waals surface area contributed by atoms with E-state index in [-0.39, 0.29) is 6.42 Å². The second-order valence-electron chi connectivity index (χ2n) is 2.62. The lowest BCUT2D eigenvalue weighted by atomic mass is 10.1. The minimum absolute atomic E-state index is 0.111. The molecule has 0 saturated carbocycles. The lowest BCUT2D eigenvalue weighted by Crippen LogP contribution is -2.14. The van der Waals surface area contributed by atoms with Gasteiger partial charge in [-0.2, -0.15) is 0 Å². The van der Waals surface area contributed by atoms with Crippen molar-refractivity contribution in [2.24, 2.45) is 5.73 Å². The standard InChI is InChI=1S/C8H9ClN2O2/c9-7-3-5(1-2-11-7)6(10)4-8(12)13/h1-3,6H,4,10H2,(H,12,13)/t6-/m1/s1. The smallest absolute Gasteiger partial charge is 0.305 e. The number of nitrogens with zero attached hydrogens (tertiary/aromatic N) is 1. The molecule has 1 rings (SSSR count). The van der Waals surface area contributed by atoms with Crippen LogP contribution in [-0.2, 0) is 4.79 Å². The summed E-state index contributed by atoms with van der Waals surface area (Å²) in [6, 6.07) is 2.69. The van der Waals surface area contributed by atoms with E-state index in [1.807, 2.05) is 0 Å². The first-order valence-corrected chi connectivity index (χ1v) is 4.06. The average molecular weight is 201 g/mol. The summed E-state index contributed by atoms with van der Waals surface area (Å²) in [5.74, 6) is -0.930. The van der Waals surface area contributed by atoms with Gasteiger partial charge in [-0.3, -0.25) is 4.79 Å². The van der Waals surface area contributed by atoms with Crippen molar-refractivity contribution in [3.63, 3.8) is 0 Å². The van der Waals surface area contributed by atoms with Gasteiger partial charge in [-0.1, -0.05) is 11.6 Å². The van der Waals surface area contributed by atoms with Crippen LogP contribution >= 0.6 is 11.6 Å². The Kier molecular flexibility index (Phi) is 3.22. The van der Waals surface area contributed by atoms with Gasteiger partial charge in [-0.25, -0.2) is 4.98 Å². The number of carboxylic acids is 1. The highest BCUT2D eigenvalue weighted by atomic mass is 35.5. The summed E-state index contributed by atoms with van der Waals surface area (Å²) in [5, 5.41) is 8.80. The number of carboxylic acid groups (broad SMARTS) is 1. The van der Waals surface area contributed by atoms with Crippen molar-refractivity contribution >= 4 is 17.6 Å². The van der Waals surface area contributed by atoms with Crippen LogP contribution < -0.4 is 5.73 Å². The monoisotopic (exact) mass is 200 g/mol. The molecule has 0 aromatic carbocycles. The van der Waals surface area contributed by atoms with Crippen molar-refractivity contribution < 1.29 is 9.90 Å². The molecule has 0 bridgehead atoms. The van der Waals surface area contributed by atoms with Crippen molar-refractivity contribution in [2.45, 2.75) is 12.5 Å². The number of hydrogen-bond donors (Lipinski definition) is 2. The molecule has 0 spiro atoms. The van der Waals surface area contributed by atoms with Gasteiger partial charge in [-0.15, -0.1) is 0 Å². The summed E-state index contributed by atoms with van der Waals surface area (Å²) in [6.45, 7) is 0. The van der Waals surface area contributed by atoms with E-state index in [0.717, 1.165) is 0 Å². The molecule has 0 aliphatic rings. The van der Waals surface area contributed by atoms with Gasteiger partial charge < -0.3 is 10.8 Å². The van der Waals surface area contributed by atoms with Crippen LogP contribution in [0, 0.1) is 0 Å². The minimum atomic E-state index is -0.930. The molecule has 13 heavy (non-hydrogen) atoms.